The minimum atomic E-state index is -0.368. The quantitative estimate of drug-likeness (QED) is 0.757. The van der Waals surface area contributed by atoms with Crippen LogP contribution in [0.1, 0.15) is 12.0 Å². The summed E-state index contributed by atoms with van der Waals surface area (Å²) in [6, 6.07) is 14.3. The van der Waals surface area contributed by atoms with E-state index in [1.165, 1.54) is 0 Å². The molecule has 0 saturated carbocycles. The summed E-state index contributed by atoms with van der Waals surface area (Å²) in [4.78, 5) is 23.6. The minimum absolute atomic E-state index is 0.228. The van der Waals surface area contributed by atoms with E-state index in [0.29, 0.717) is 23.7 Å². The van der Waals surface area contributed by atoms with E-state index in [0.717, 1.165) is 11.3 Å². The Morgan fingerprint density at radius 3 is 2.46 bits per heavy atom. The first-order valence-electron chi connectivity index (χ1n) is 7.52. The highest BCUT2D eigenvalue weighted by atomic mass is 35.5. The highest BCUT2D eigenvalue weighted by Crippen LogP contribution is 2.17. The Bertz CT molecular complexity index is 702. The number of para-hydroxylation sites is 1. The van der Waals surface area contributed by atoms with Gasteiger partial charge in [0, 0.05) is 17.3 Å². The van der Waals surface area contributed by atoms with Gasteiger partial charge in [-0.25, -0.2) is 0 Å². The summed E-state index contributed by atoms with van der Waals surface area (Å²) in [6.45, 7) is 0.438. The van der Waals surface area contributed by atoms with Crippen molar-refractivity contribution in [3.05, 3.63) is 59.1 Å². The zero-order valence-electron chi connectivity index (χ0n) is 13.3. The molecule has 0 aromatic heterocycles. The Morgan fingerprint density at radius 2 is 1.75 bits per heavy atom. The number of rotatable bonds is 7. The molecule has 2 amide bonds. The molecule has 2 rings (SSSR count). The third kappa shape index (κ3) is 5.59. The molecule has 0 atom stereocenters. The van der Waals surface area contributed by atoms with E-state index in [1.54, 1.807) is 31.4 Å². The number of carbonyl (C=O) groups is 2. The lowest BCUT2D eigenvalue weighted by Crippen LogP contribution is -2.29. The third-order valence-electron chi connectivity index (χ3n) is 3.36. The number of methoxy groups -OCH3 is 1. The van der Waals surface area contributed by atoms with Gasteiger partial charge in [0.25, 0.3) is 0 Å². The van der Waals surface area contributed by atoms with Gasteiger partial charge in [0.15, 0.2) is 0 Å². The van der Waals surface area contributed by atoms with Crippen molar-refractivity contribution >= 4 is 29.1 Å². The zero-order valence-corrected chi connectivity index (χ0v) is 14.1. The van der Waals surface area contributed by atoms with Crippen LogP contribution in [0.25, 0.3) is 0 Å². The van der Waals surface area contributed by atoms with Crippen LogP contribution in [0.4, 0.5) is 5.69 Å². The van der Waals surface area contributed by atoms with E-state index < -0.39 is 0 Å². The van der Waals surface area contributed by atoms with Crippen LogP contribution in [0.2, 0.25) is 5.02 Å². The van der Waals surface area contributed by atoms with Gasteiger partial charge in [-0.15, -0.1) is 0 Å². The molecule has 6 heteroatoms. The number of carbonyl (C=O) groups excluding carboxylic acids is 2. The molecule has 24 heavy (non-hydrogen) atoms. The Labute approximate surface area is 146 Å². The average Bonchev–Trinajstić information content (AvgIpc) is 2.57. The van der Waals surface area contributed by atoms with Crippen molar-refractivity contribution in [2.24, 2.45) is 0 Å². The number of benzene rings is 2. The first-order valence-corrected chi connectivity index (χ1v) is 7.90. The SMILES string of the molecule is COc1ccccc1CCNC(=O)CC(=O)Nc1ccc(Cl)cc1. The standard InChI is InChI=1S/C18H19ClN2O3/c1-24-16-5-3-2-4-13(16)10-11-20-17(22)12-18(23)21-15-8-6-14(19)7-9-15/h2-9H,10-12H2,1H3,(H,20,22)(H,21,23). The summed E-state index contributed by atoms with van der Waals surface area (Å²) >= 11 is 5.78. The number of nitrogens with one attached hydrogen (secondary N) is 2. The van der Waals surface area contributed by atoms with Crippen molar-refractivity contribution < 1.29 is 14.3 Å². The topological polar surface area (TPSA) is 67.4 Å². The molecule has 2 N–H and O–H groups in total. The van der Waals surface area contributed by atoms with Crippen LogP contribution in [0, 0.1) is 0 Å². The van der Waals surface area contributed by atoms with E-state index in [1.807, 2.05) is 24.3 Å². The molecular formula is C18H19ClN2O3. The van der Waals surface area contributed by atoms with Crippen molar-refractivity contribution in [2.45, 2.75) is 12.8 Å². The molecule has 0 unspecified atom stereocenters. The lowest BCUT2D eigenvalue weighted by atomic mass is 10.1. The maximum atomic E-state index is 11.8. The second-order valence-electron chi connectivity index (χ2n) is 5.14. The van der Waals surface area contributed by atoms with Crippen LogP contribution in [0.3, 0.4) is 0 Å². The fourth-order valence-corrected chi connectivity index (χ4v) is 2.32. The van der Waals surface area contributed by atoms with Crippen LogP contribution in [-0.4, -0.2) is 25.5 Å². The molecule has 0 aliphatic carbocycles. The number of amides is 2. The summed E-state index contributed by atoms with van der Waals surface area (Å²) in [5, 5.41) is 5.97. The molecule has 126 valence electrons. The van der Waals surface area contributed by atoms with Gasteiger partial charge in [-0.1, -0.05) is 29.8 Å². The second kappa shape index (κ2) is 8.93. The highest BCUT2D eigenvalue weighted by molar-refractivity contribution is 6.30. The molecular weight excluding hydrogens is 328 g/mol. The van der Waals surface area contributed by atoms with E-state index in [4.69, 9.17) is 16.3 Å². The van der Waals surface area contributed by atoms with E-state index >= 15 is 0 Å². The number of ether oxygens (including phenoxy) is 1. The predicted octanol–water partition coefficient (Wildman–Crippen LogP) is 3.04. The normalized spacial score (nSPS) is 10.1. The molecule has 0 bridgehead atoms. The zero-order chi connectivity index (χ0) is 17.4. The lowest BCUT2D eigenvalue weighted by Gasteiger charge is -2.09. The molecule has 0 heterocycles. The first kappa shape index (κ1) is 17.8. The molecule has 0 saturated heterocycles. The van der Waals surface area contributed by atoms with Gasteiger partial charge >= 0.3 is 0 Å². The third-order valence-corrected chi connectivity index (χ3v) is 3.61. The van der Waals surface area contributed by atoms with Gasteiger partial charge in [-0.05, 0) is 42.3 Å². The van der Waals surface area contributed by atoms with Gasteiger partial charge in [-0.2, -0.15) is 0 Å². The van der Waals surface area contributed by atoms with Gasteiger partial charge < -0.3 is 15.4 Å². The van der Waals surface area contributed by atoms with Gasteiger partial charge in [-0.3, -0.25) is 9.59 Å². The van der Waals surface area contributed by atoms with Crippen molar-refractivity contribution in [2.75, 3.05) is 19.0 Å². The van der Waals surface area contributed by atoms with Crippen LogP contribution in [0.15, 0.2) is 48.5 Å². The Hall–Kier alpha value is -2.53. The Kier molecular flexibility index (Phi) is 6.63. The van der Waals surface area contributed by atoms with Crippen LogP contribution in [0.5, 0.6) is 5.75 Å². The largest absolute Gasteiger partial charge is 0.496 e. The van der Waals surface area contributed by atoms with E-state index in [-0.39, 0.29) is 18.2 Å². The number of anilines is 1. The molecule has 0 radical (unpaired) electrons. The first-order chi connectivity index (χ1) is 11.6. The summed E-state index contributed by atoms with van der Waals surface area (Å²) < 4.78 is 5.26. The minimum Gasteiger partial charge on any atom is -0.496 e. The second-order valence-corrected chi connectivity index (χ2v) is 5.58. The monoisotopic (exact) mass is 346 g/mol. The smallest absolute Gasteiger partial charge is 0.233 e. The summed E-state index contributed by atoms with van der Waals surface area (Å²) in [5.74, 6) is 0.0932. The molecule has 2 aromatic rings. The van der Waals surface area contributed by atoms with E-state index in [9.17, 15) is 9.59 Å². The molecule has 5 nitrogen and oxygen atoms in total. The number of hydrogen-bond acceptors (Lipinski definition) is 3. The lowest BCUT2D eigenvalue weighted by molar-refractivity contribution is -0.126. The molecule has 0 aliphatic heterocycles. The molecule has 2 aromatic carbocycles. The molecule has 0 fully saturated rings. The summed E-state index contributed by atoms with van der Waals surface area (Å²) in [7, 11) is 1.61. The Morgan fingerprint density at radius 1 is 1.04 bits per heavy atom. The fraction of sp³-hybridized carbons (Fsp3) is 0.222. The van der Waals surface area contributed by atoms with Crippen molar-refractivity contribution in [1.29, 1.82) is 0 Å². The Balaban J connectivity index is 1.74. The van der Waals surface area contributed by atoms with Gasteiger partial charge in [0.05, 0.1) is 7.11 Å². The van der Waals surface area contributed by atoms with Crippen LogP contribution in [-0.2, 0) is 16.0 Å². The number of hydrogen-bond donors (Lipinski definition) is 2. The van der Waals surface area contributed by atoms with Crippen molar-refractivity contribution in [1.82, 2.24) is 5.32 Å². The van der Waals surface area contributed by atoms with Crippen LogP contribution >= 0.6 is 11.6 Å². The molecule has 0 aliphatic rings. The maximum Gasteiger partial charge on any atom is 0.233 e. The van der Waals surface area contributed by atoms with Crippen LogP contribution < -0.4 is 15.4 Å². The highest BCUT2D eigenvalue weighted by Gasteiger charge is 2.10. The molecule has 0 spiro atoms. The predicted molar refractivity (Wildman–Crippen MR) is 94.4 cm³/mol. The number of halogens is 1. The fourth-order valence-electron chi connectivity index (χ4n) is 2.19. The van der Waals surface area contributed by atoms with Gasteiger partial charge in [0.2, 0.25) is 11.8 Å². The maximum absolute atomic E-state index is 11.8. The summed E-state index contributed by atoms with van der Waals surface area (Å²) in [5.41, 5.74) is 1.61. The average molecular weight is 347 g/mol. The van der Waals surface area contributed by atoms with Crippen molar-refractivity contribution in [3.8, 4) is 5.75 Å². The summed E-state index contributed by atoms with van der Waals surface area (Å²) in [6.07, 6.45) is 0.406. The van der Waals surface area contributed by atoms with Crippen molar-refractivity contribution in [3.63, 3.8) is 0 Å². The van der Waals surface area contributed by atoms with Gasteiger partial charge in [0.1, 0.15) is 12.2 Å². The van der Waals surface area contributed by atoms with E-state index in [2.05, 4.69) is 10.6 Å².